The van der Waals surface area contributed by atoms with Gasteiger partial charge in [0.2, 0.25) is 5.91 Å². The normalized spacial score (nSPS) is 16.5. The van der Waals surface area contributed by atoms with Gasteiger partial charge in [0.05, 0.1) is 12.5 Å². The van der Waals surface area contributed by atoms with Crippen LogP contribution in [0.4, 0.5) is 4.79 Å². The summed E-state index contributed by atoms with van der Waals surface area (Å²) >= 11 is 0. The Bertz CT molecular complexity index is 807. The Hall–Kier alpha value is -2.82. The van der Waals surface area contributed by atoms with Crippen LogP contribution in [0.1, 0.15) is 25.3 Å². The molecule has 0 N–H and O–H groups in total. The predicted octanol–water partition coefficient (Wildman–Crippen LogP) is 4.18. The lowest BCUT2D eigenvalue weighted by atomic mass is 9.96. The van der Waals surface area contributed by atoms with E-state index in [9.17, 15) is 9.59 Å². The number of ether oxygens (including phenoxy) is 1. The highest BCUT2D eigenvalue weighted by Gasteiger charge is 2.30. The molecule has 2 amide bonds. The molecule has 3 rings (SSSR count). The lowest BCUT2D eigenvalue weighted by molar-refractivity contribution is -0.136. The van der Waals surface area contributed by atoms with E-state index < -0.39 is 0 Å². The van der Waals surface area contributed by atoms with Gasteiger partial charge in [0.15, 0.2) is 0 Å². The van der Waals surface area contributed by atoms with Crippen LogP contribution in [0.5, 0.6) is 0 Å². The lowest BCUT2D eigenvalue weighted by Crippen LogP contribution is -2.45. The minimum absolute atomic E-state index is 0.0804. The zero-order valence-electron chi connectivity index (χ0n) is 16.6. The van der Waals surface area contributed by atoms with E-state index in [0.717, 1.165) is 29.5 Å². The average molecular weight is 380 g/mol. The zero-order valence-corrected chi connectivity index (χ0v) is 16.6. The van der Waals surface area contributed by atoms with Gasteiger partial charge in [0.1, 0.15) is 0 Å². The molecule has 0 radical (unpaired) electrons. The number of carbonyl (C=O) groups excluding carboxylic acids is 2. The predicted molar refractivity (Wildman–Crippen MR) is 110 cm³/mol. The molecule has 148 valence electrons. The second-order valence-corrected chi connectivity index (χ2v) is 7.20. The lowest BCUT2D eigenvalue weighted by Gasteiger charge is -2.33. The summed E-state index contributed by atoms with van der Waals surface area (Å²) in [7, 11) is 1.84. The van der Waals surface area contributed by atoms with Crippen molar-refractivity contribution in [3.05, 3.63) is 60.2 Å². The van der Waals surface area contributed by atoms with Crippen LogP contribution in [0, 0.1) is 5.92 Å². The maximum absolute atomic E-state index is 13.0. The molecule has 0 saturated carbocycles. The molecule has 5 heteroatoms. The number of hydrogen-bond donors (Lipinski definition) is 0. The van der Waals surface area contributed by atoms with Crippen LogP contribution >= 0.6 is 0 Å². The first kappa shape index (κ1) is 19.9. The fourth-order valence-electron chi connectivity index (χ4n) is 3.76. The largest absolute Gasteiger partial charge is 0.450 e. The van der Waals surface area contributed by atoms with Crippen molar-refractivity contribution in [3.63, 3.8) is 0 Å². The van der Waals surface area contributed by atoms with Gasteiger partial charge in [-0.15, -0.1) is 0 Å². The molecule has 28 heavy (non-hydrogen) atoms. The number of benzene rings is 2. The minimum Gasteiger partial charge on any atom is -0.450 e. The van der Waals surface area contributed by atoms with Gasteiger partial charge in [0, 0.05) is 26.7 Å². The van der Waals surface area contributed by atoms with Crippen molar-refractivity contribution >= 4 is 12.0 Å². The summed E-state index contributed by atoms with van der Waals surface area (Å²) in [5, 5.41) is 0. The van der Waals surface area contributed by atoms with Crippen molar-refractivity contribution in [2.45, 2.75) is 26.3 Å². The molecule has 1 fully saturated rings. The van der Waals surface area contributed by atoms with E-state index in [4.69, 9.17) is 4.74 Å². The molecule has 1 unspecified atom stereocenters. The second-order valence-electron chi connectivity index (χ2n) is 7.20. The molecule has 0 bridgehead atoms. The Morgan fingerprint density at radius 1 is 1.11 bits per heavy atom. The number of rotatable bonds is 5. The van der Waals surface area contributed by atoms with Gasteiger partial charge in [-0.3, -0.25) is 4.79 Å². The summed E-state index contributed by atoms with van der Waals surface area (Å²) in [4.78, 5) is 28.5. The van der Waals surface area contributed by atoms with Crippen LogP contribution in [0.3, 0.4) is 0 Å². The highest BCUT2D eigenvalue weighted by Crippen LogP contribution is 2.26. The fraction of sp³-hybridized carbons (Fsp3) is 0.391. The number of likely N-dealkylation sites (tertiary alicyclic amines) is 1. The van der Waals surface area contributed by atoms with Crippen molar-refractivity contribution in [1.82, 2.24) is 9.80 Å². The Kier molecular flexibility index (Phi) is 6.69. The first-order valence-electron chi connectivity index (χ1n) is 9.90. The Labute approximate surface area is 166 Å². The average Bonchev–Trinajstić information content (AvgIpc) is 2.74. The summed E-state index contributed by atoms with van der Waals surface area (Å²) < 4.78 is 5.09. The van der Waals surface area contributed by atoms with E-state index >= 15 is 0 Å². The molecule has 1 saturated heterocycles. The van der Waals surface area contributed by atoms with Crippen LogP contribution in [0.15, 0.2) is 54.6 Å². The van der Waals surface area contributed by atoms with Crippen LogP contribution < -0.4 is 0 Å². The highest BCUT2D eigenvalue weighted by atomic mass is 16.6. The van der Waals surface area contributed by atoms with E-state index in [1.807, 2.05) is 37.4 Å². The number of hydrogen-bond acceptors (Lipinski definition) is 3. The SMILES string of the molecule is CCOC(=O)N1CCCC(C(=O)N(C)Cc2ccccc2-c2ccccc2)C1. The maximum atomic E-state index is 13.0. The highest BCUT2D eigenvalue weighted by molar-refractivity contribution is 5.80. The van der Waals surface area contributed by atoms with E-state index in [1.54, 1.807) is 16.7 Å². The molecule has 0 spiro atoms. The van der Waals surface area contributed by atoms with Gasteiger partial charge in [-0.1, -0.05) is 54.6 Å². The Balaban J connectivity index is 1.69. The Morgan fingerprint density at radius 3 is 2.57 bits per heavy atom. The van der Waals surface area contributed by atoms with Crippen molar-refractivity contribution in [1.29, 1.82) is 0 Å². The minimum atomic E-state index is -0.322. The van der Waals surface area contributed by atoms with Gasteiger partial charge in [0.25, 0.3) is 0 Å². The third kappa shape index (κ3) is 4.71. The summed E-state index contributed by atoms with van der Waals surface area (Å²) in [6.45, 7) is 3.78. The monoisotopic (exact) mass is 380 g/mol. The van der Waals surface area contributed by atoms with Crippen molar-refractivity contribution in [2.75, 3.05) is 26.7 Å². The molecule has 2 aromatic carbocycles. The van der Waals surface area contributed by atoms with E-state index in [2.05, 4.69) is 24.3 Å². The maximum Gasteiger partial charge on any atom is 0.409 e. The summed E-state index contributed by atoms with van der Waals surface area (Å²) in [6, 6.07) is 18.4. The summed E-state index contributed by atoms with van der Waals surface area (Å²) in [5.41, 5.74) is 3.40. The van der Waals surface area contributed by atoms with E-state index in [0.29, 0.717) is 26.2 Å². The van der Waals surface area contributed by atoms with Crippen molar-refractivity contribution in [2.24, 2.45) is 5.92 Å². The fourth-order valence-corrected chi connectivity index (χ4v) is 3.76. The molecule has 1 aliphatic rings. The third-order valence-corrected chi connectivity index (χ3v) is 5.18. The van der Waals surface area contributed by atoms with Crippen molar-refractivity contribution in [3.8, 4) is 11.1 Å². The molecule has 2 aromatic rings. The Morgan fingerprint density at radius 2 is 1.82 bits per heavy atom. The summed E-state index contributed by atoms with van der Waals surface area (Å²) in [5.74, 6) is -0.0936. The van der Waals surface area contributed by atoms with Crippen LogP contribution in [-0.2, 0) is 16.1 Å². The van der Waals surface area contributed by atoms with Gasteiger partial charge in [-0.05, 0) is 36.5 Å². The molecule has 0 aliphatic carbocycles. The number of carbonyl (C=O) groups is 2. The van der Waals surface area contributed by atoms with Crippen LogP contribution in [-0.4, -0.2) is 48.5 Å². The van der Waals surface area contributed by atoms with Crippen LogP contribution in [0.2, 0.25) is 0 Å². The smallest absolute Gasteiger partial charge is 0.409 e. The quantitative estimate of drug-likeness (QED) is 0.782. The zero-order chi connectivity index (χ0) is 19.9. The standard InChI is InChI=1S/C23H28N2O3/c1-3-28-23(27)25-15-9-13-20(17-25)22(26)24(2)16-19-12-7-8-14-21(19)18-10-5-4-6-11-18/h4-8,10-12,14,20H,3,9,13,15-17H2,1-2H3. The summed E-state index contributed by atoms with van der Waals surface area (Å²) in [6.07, 6.45) is 1.31. The van der Waals surface area contributed by atoms with E-state index in [-0.39, 0.29) is 17.9 Å². The molecular formula is C23H28N2O3. The molecular weight excluding hydrogens is 352 g/mol. The van der Waals surface area contributed by atoms with E-state index in [1.165, 1.54) is 0 Å². The molecule has 5 nitrogen and oxygen atoms in total. The number of piperidine rings is 1. The van der Waals surface area contributed by atoms with Gasteiger partial charge in [-0.2, -0.15) is 0 Å². The van der Waals surface area contributed by atoms with Gasteiger partial charge in [-0.25, -0.2) is 4.79 Å². The second kappa shape index (κ2) is 9.40. The first-order chi connectivity index (χ1) is 13.6. The molecule has 1 heterocycles. The molecule has 0 aromatic heterocycles. The van der Waals surface area contributed by atoms with Gasteiger partial charge >= 0.3 is 6.09 Å². The topological polar surface area (TPSA) is 49.9 Å². The van der Waals surface area contributed by atoms with Crippen LogP contribution in [0.25, 0.3) is 11.1 Å². The molecule has 1 atom stereocenters. The molecule has 1 aliphatic heterocycles. The van der Waals surface area contributed by atoms with Gasteiger partial charge < -0.3 is 14.5 Å². The number of amides is 2. The third-order valence-electron chi connectivity index (χ3n) is 5.18. The first-order valence-corrected chi connectivity index (χ1v) is 9.90. The van der Waals surface area contributed by atoms with Crippen molar-refractivity contribution < 1.29 is 14.3 Å². The number of nitrogens with zero attached hydrogens (tertiary/aromatic N) is 2.